The molecule has 4 nitrogen and oxygen atoms in total. The van der Waals surface area contributed by atoms with Gasteiger partial charge in [0.05, 0.1) is 6.61 Å². The van der Waals surface area contributed by atoms with Gasteiger partial charge in [0.2, 0.25) is 0 Å². The highest BCUT2D eigenvalue weighted by Crippen LogP contribution is 2.07. The molecule has 0 radical (unpaired) electrons. The maximum atomic E-state index is 8.14. The topological polar surface area (TPSA) is 58.0 Å². The van der Waals surface area contributed by atoms with Gasteiger partial charge in [-0.1, -0.05) is 25.0 Å². The molecule has 1 atom stereocenters. The molecule has 0 rings (SSSR count). The molecule has 0 aliphatic heterocycles. The Hall–Kier alpha value is -0.990. The van der Waals surface area contributed by atoms with Crippen LogP contribution in [0, 0.1) is 5.92 Å². The van der Waals surface area contributed by atoms with Gasteiger partial charge in [-0.15, -0.1) is 6.58 Å². The fourth-order valence-corrected chi connectivity index (χ4v) is 0.577. The first-order chi connectivity index (χ1) is 5.22. The number of ether oxygens (including phenoxy) is 1. The highest BCUT2D eigenvalue weighted by molar-refractivity contribution is 4.67. The maximum absolute atomic E-state index is 8.14. The van der Waals surface area contributed by atoms with Crippen LogP contribution in [0.5, 0.6) is 0 Å². The van der Waals surface area contributed by atoms with Gasteiger partial charge in [0.15, 0.2) is 0 Å². The lowest BCUT2D eigenvalue weighted by atomic mass is 10.2. The summed E-state index contributed by atoms with van der Waals surface area (Å²) in [4.78, 5) is 2.68. The lowest BCUT2D eigenvalue weighted by molar-refractivity contribution is 0.0459. The number of rotatable bonds is 5. The second-order valence-electron chi connectivity index (χ2n) is 2.46. The van der Waals surface area contributed by atoms with E-state index in [4.69, 9.17) is 10.3 Å². The molecule has 0 aromatic heterocycles. The van der Waals surface area contributed by atoms with Crippen molar-refractivity contribution in [2.45, 2.75) is 20.1 Å². The normalized spacial score (nSPS) is 12.3. The first-order valence-corrected chi connectivity index (χ1v) is 3.49. The fourth-order valence-electron chi connectivity index (χ4n) is 0.577. The van der Waals surface area contributed by atoms with Gasteiger partial charge in [0.25, 0.3) is 0 Å². The molecule has 0 aromatic rings. The van der Waals surface area contributed by atoms with Gasteiger partial charge in [0, 0.05) is 4.91 Å². The molecule has 0 fully saturated rings. The van der Waals surface area contributed by atoms with Crippen molar-refractivity contribution in [1.29, 1.82) is 0 Å². The average molecular weight is 155 g/mol. The predicted molar refractivity (Wildman–Crippen MR) is 43.9 cm³/mol. The standard InChI is InChI=1S/C7H13N3O/c1-4-5-11-7(6(2)3)9-10-8/h4,6-7H,1,5H2,2-3H3. The van der Waals surface area contributed by atoms with Crippen LogP contribution in [0.2, 0.25) is 0 Å². The van der Waals surface area contributed by atoms with E-state index in [1.807, 2.05) is 13.8 Å². The third-order valence-corrected chi connectivity index (χ3v) is 1.12. The third-order valence-electron chi connectivity index (χ3n) is 1.12. The largest absolute Gasteiger partial charge is 0.368 e. The van der Waals surface area contributed by atoms with Crippen molar-refractivity contribution < 1.29 is 4.74 Å². The van der Waals surface area contributed by atoms with Crippen molar-refractivity contribution >= 4 is 0 Å². The van der Waals surface area contributed by atoms with Crippen molar-refractivity contribution in [2.24, 2.45) is 11.0 Å². The minimum absolute atomic E-state index is 0.200. The predicted octanol–water partition coefficient (Wildman–Crippen LogP) is 2.48. The van der Waals surface area contributed by atoms with Gasteiger partial charge >= 0.3 is 0 Å². The van der Waals surface area contributed by atoms with Crippen LogP contribution in [-0.2, 0) is 4.74 Å². The molecule has 0 spiro atoms. The summed E-state index contributed by atoms with van der Waals surface area (Å²) in [6.45, 7) is 7.78. The van der Waals surface area contributed by atoms with Gasteiger partial charge in [-0.05, 0) is 11.4 Å². The SMILES string of the molecule is C=CCOC(N=[N+]=[N-])C(C)C. The van der Waals surface area contributed by atoms with Gasteiger partial charge in [-0.2, -0.15) is 0 Å². The third kappa shape index (κ3) is 4.42. The molecule has 11 heavy (non-hydrogen) atoms. The van der Waals surface area contributed by atoms with Gasteiger partial charge in [-0.3, -0.25) is 0 Å². The van der Waals surface area contributed by atoms with Gasteiger partial charge in [0.1, 0.15) is 6.23 Å². The molecule has 0 aliphatic rings. The Morgan fingerprint density at radius 3 is 2.73 bits per heavy atom. The molecular weight excluding hydrogens is 142 g/mol. The first kappa shape index (κ1) is 10.0. The molecule has 0 N–H and O–H groups in total. The van der Waals surface area contributed by atoms with E-state index in [1.54, 1.807) is 6.08 Å². The smallest absolute Gasteiger partial charge is 0.139 e. The zero-order chi connectivity index (χ0) is 8.69. The highest BCUT2D eigenvalue weighted by atomic mass is 16.5. The minimum atomic E-state index is -0.377. The summed E-state index contributed by atoms with van der Waals surface area (Å²) in [7, 11) is 0. The van der Waals surface area contributed by atoms with E-state index >= 15 is 0 Å². The van der Waals surface area contributed by atoms with Crippen LogP contribution in [0.25, 0.3) is 10.4 Å². The van der Waals surface area contributed by atoms with Crippen LogP contribution in [0.1, 0.15) is 13.8 Å². The summed E-state index contributed by atoms with van der Waals surface area (Å²) in [5.74, 6) is 0.200. The van der Waals surface area contributed by atoms with Crippen molar-refractivity contribution in [3.8, 4) is 0 Å². The molecule has 0 amide bonds. The fraction of sp³-hybridized carbons (Fsp3) is 0.714. The lowest BCUT2D eigenvalue weighted by Crippen LogP contribution is -2.16. The van der Waals surface area contributed by atoms with Crippen molar-refractivity contribution in [1.82, 2.24) is 0 Å². The van der Waals surface area contributed by atoms with Crippen LogP contribution in [-0.4, -0.2) is 12.8 Å². The summed E-state index contributed by atoms with van der Waals surface area (Å²) < 4.78 is 5.15. The Labute approximate surface area is 66.5 Å². The zero-order valence-corrected chi connectivity index (χ0v) is 6.90. The Morgan fingerprint density at radius 1 is 1.73 bits per heavy atom. The monoisotopic (exact) mass is 155 g/mol. The molecule has 0 saturated heterocycles. The molecule has 1 unspecified atom stereocenters. The molecule has 0 aromatic carbocycles. The molecule has 4 heteroatoms. The second kappa shape index (κ2) is 5.77. The van der Waals surface area contributed by atoms with E-state index in [0.29, 0.717) is 6.61 Å². The number of hydrogen-bond donors (Lipinski definition) is 0. The summed E-state index contributed by atoms with van der Waals surface area (Å²) in [6, 6.07) is 0. The quantitative estimate of drug-likeness (QED) is 0.260. The van der Waals surface area contributed by atoms with Crippen LogP contribution in [0.15, 0.2) is 17.8 Å². The Kier molecular flexibility index (Phi) is 5.25. The second-order valence-corrected chi connectivity index (χ2v) is 2.46. The van der Waals surface area contributed by atoms with Crippen LogP contribution in [0.4, 0.5) is 0 Å². The van der Waals surface area contributed by atoms with Crippen LogP contribution in [0.3, 0.4) is 0 Å². The summed E-state index contributed by atoms with van der Waals surface area (Å²) in [5, 5.41) is 3.47. The van der Waals surface area contributed by atoms with E-state index in [2.05, 4.69) is 16.6 Å². The van der Waals surface area contributed by atoms with E-state index in [1.165, 1.54) is 0 Å². The van der Waals surface area contributed by atoms with Gasteiger partial charge < -0.3 is 4.74 Å². The minimum Gasteiger partial charge on any atom is -0.368 e. The molecule has 0 bridgehead atoms. The van der Waals surface area contributed by atoms with E-state index in [0.717, 1.165) is 0 Å². The summed E-state index contributed by atoms with van der Waals surface area (Å²) in [5.41, 5.74) is 8.14. The van der Waals surface area contributed by atoms with Crippen molar-refractivity contribution in [3.63, 3.8) is 0 Å². The molecule has 0 saturated carbocycles. The highest BCUT2D eigenvalue weighted by Gasteiger charge is 2.09. The summed E-state index contributed by atoms with van der Waals surface area (Å²) >= 11 is 0. The molecule has 0 heterocycles. The van der Waals surface area contributed by atoms with E-state index < -0.39 is 0 Å². The Morgan fingerprint density at radius 2 is 2.36 bits per heavy atom. The number of azide groups is 1. The van der Waals surface area contributed by atoms with Crippen LogP contribution >= 0.6 is 0 Å². The maximum Gasteiger partial charge on any atom is 0.139 e. The number of nitrogens with zero attached hydrogens (tertiary/aromatic N) is 3. The summed E-state index contributed by atoms with van der Waals surface area (Å²) in [6.07, 6.45) is 1.25. The molecule has 62 valence electrons. The van der Waals surface area contributed by atoms with Crippen LogP contribution < -0.4 is 0 Å². The first-order valence-electron chi connectivity index (χ1n) is 3.49. The Bertz CT molecular complexity index is 161. The Balaban J connectivity index is 3.88. The van der Waals surface area contributed by atoms with E-state index in [-0.39, 0.29) is 12.1 Å². The van der Waals surface area contributed by atoms with Crippen molar-refractivity contribution in [2.75, 3.05) is 6.61 Å². The van der Waals surface area contributed by atoms with Crippen molar-refractivity contribution in [3.05, 3.63) is 23.1 Å². The van der Waals surface area contributed by atoms with E-state index in [9.17, 15) is 0 Å². The molecular formula is C7H13N3O. The van der Waals surface area contributed by atoms with Gasteiger partial charge in [-0.25, -0.2) is 0 Å². The average Bonchev–Trinajstić information content (AvgIpc) is 1.97. The number of hydrogen-bond acceptors (Lipinski definition) is 2. The zero-order valence-electron chi connectivity index (χ0n) is 6.90. The lowest BCUT2D eigenvalue weighted by Gasteiger charge is -2.14. The molecule has 0 aliphatic carbocycles.